The number of fused-ring (bicyclic) bond motifs is 1. The van der Waals surface area contributed by atoms with Crippen molar-refractivity contribution < 1.29 is 23.7 Å². The van der Waals surface area contributed by atoms with Gasteiger partial charge in [0.05, 0.1) is 42.5 Å². The van der Waals surface area contributed by atoms with Gasteiger partial charge in [-0.05, 0) is 43.4 Å². The number of nitrogens with zero attached hydrogens (tertiary/aromatic N) is 3. The summed E-state index contributed by atoms with van der Waals surface area (Å²) in [6.45, 7) is 4.70. The minimum atomic E-state index is -0.910. The number of rotatable bonds is 13. The monoisotopic (exact) mass is 549 g/mol. The van der Waals surface area contributed by atoms with Crippen molar-refractivity contribution in [3.63, 3.8) is 0 Å². The molecule has 39 heavy (non-hydrogen) atoms. The SMILES string of the molecule is C=CCC1=C(OCCCOc2ccc3c(c2CCC#N)OC(C(=O)N=O)CC3)C=CC(c2cscn2)C1OC. The van der Waals surface area contributed by atoms with Crippen LogP contribution in [0.1, 0.15) is 48.4 Å². The Morgan fingerprint density at radius 2 is 2.21 bits per heavy atom. The van der Waals surface area contributed by atoms with Gasteiger partial charge in [-0.25, -0.2) is 4.98 Å². The van der Waals surface area contributed by atoms with E-state index in [9.17, 15) is 9.70 Å². The van der Waals surface area contributed by atoms with E-state index in [1.807, 2.05) is 35.2 Å². The fraction of sp³-hybridized carbons (Fsp3) is 0.414. The van der Waals surface area contributed by atoms with Gasteiger partial charge < -0.3 is 18.9 Å². The molecule has 0 radical (unpaired) electrons. The maximum atomic E-state index is 11.8. The molecular weight excluding hydrogens is 518 g/mol. The van der Waals surface area contributed by atoms with Gasteiger partial charge in [0.2, 0.25) is 0 Å². The van der Waals surface area contributed by atoms with E-state index in [1.165, 1.54) is 0 Å². The summed E-state index contributed by atoms with van der Waals surface area (Å²) in [6, 6.07) is 5.91. The van der Waals surface area contributed by atoms with E-state index in [1.54, 1.807) is 18.4 Å². The lowest BCUT2D eigenvalue weighted by Gasteiger charge is -2.29. The van der Waals surface area contributed by atoms with E-state index in [4.69, 9.17) is 24.2 Å². The van der Waals surface area contributed by atoms with Gasteiger partial charge in [-0.3, -0.25) is 4.79 Å². The van der Waals surface area contributed by atoms with E-state index in [-0.39, 0.29) is 18.4 Å². The van der Waals surface area contributed by atoms with Crippen LogP contribution in [0.2, 0.25) is 0 Å². The number of carbonyl (C=O) groups is 1. The maximum absolute atomic E-state index is 11.8. The summed E-state index contributed by atoms with van der Waals surface area (Å²) in [5.74, 6) is 1.06. The summed E-state index contributed by atoms with van der Waals surface area (Å²) in [5.41, 5.74) is 5.45. The van der Waals surface area contributed by atoms with Crippen LogP contribution < -0.4 is 9.47 Å². The predicted molar refractivity (Wildman–Crippen MR) is 147 cm³/mol. The van der Waals surface area contributed by atoms with Crippen LogP contribution in [0, 0.1) is 16.2 Å². The second-order valence-electron chi connectivity index (χ2n) is 9.15. The van der Waals surface area contributed by atoms with Gasteiger partial charge in [0.1, 0.15) is 17.3 Å². The largest absolute Gasteiger partial charge is 0.493 e. The fourth-order valence-electron chi connectivity index (χ4n) is 4.90. The Labute approximate surface area is 231 Å². The highest BCUT2D eigenvalue weighted by molar-refractivity contribution is 7.07. The number of aryl methyl sites for hydroxylation is 1. The zero-order valence-corrected chi connectivity index (χ0v) is 22.7. The number of thiazole rings is 1. The number of amides is 1. The van der Waals surface area contributed by atoms with Crippen LogP contribution in [-0.2, 0) is 27.1 Å². The third kappa shape index (κ3) is 6.61. The first-order chi connectivity index (χ1) is 19.1. The minimum Gasteiger partial charge on any atom is -0.493 e. The van der Waals surface area contributed by atoms with Crippen molar-refractivity contribution in [2.24, 2.45) is 5.18 Å². The van der Waals surface area contributed by atoms with Crippen molar-refractivity contribution in [3.05, 3.63) is 80.9 Å². The lowest BCUT2D eigenvalue weighted by atomic mass is 9.86. The Kier molecular flexibility index (Phi) is 10.00. The third-order valence-electron chi connectivity index (χ3n) is 6.74. The topological polar surface area (TPSA) is 120 Å². The molecule has 0 saturated heterocycles. The zero-order valence-electron chi connectivity index (χ0n) is 21.8. The molecule has 1 aliphatic carbocycles. The van der Waals surface area contributed by atoms with Crippen molar-refractivity contribution in [1.82, 2.24) is 4.98 Å². The number of aromatic nitrogens is 1. The molecule has 3 unspecified atom stereocenters. The Morgan fingerprint density at radius 1 is 1.36 bits per heavy atom. The molecule has 1 amide bonds. The Balaban J connectivity index is 1.40. The molecule has 3 atom stereocenters. The molecule has 0 fully saturated rings. The summed E-state index contributed by atoms with van der Waals surface area (Å²) in [7, 11) is 1.69. The maximum Gasteiger partial charge on any atom is 0.326 e. The van der Waals surface area contributed by atoms with Gasteiger partial charge in [-0.15, -0.1) is 22.8 Å². The van der Waals surface area contributed by atoms with Crippen LogP contribution in [0.5, 0.6) is 11.5 Å². The third-order valence-corrected chi connectivity index (χ3v) is 7.35. The first kappa shape index (κ1) is 28.2. The normalized spacial score (nSPS) is 19.9. The number of ether oxygens (including phenoxy) is 4. The van der Waals surface area contributed by atoms with Crippen LogP contribution >= 0.6 is 11.3 Å². The van der Waals surface area contributed by atoms with E-state index >= 15 is 0 Å². The second kappa shape index (κ2) is 13.8. The number of hydrogen-bond donors (Lipinski definition) is 0. The number of hydrogen-bond acceptors (Lipinski definition) is 9. The van der Waals surface area contributed by atoms with Gasteiger partial charge in [-0.2, -0.15) is 5.26 Å². The molecule has 4 rings (SSSR count). The summed E-state index contributed by atoms with van der Waals surface area (Å²) < 4.78 is 23.9. The highest BCUT2D eigenvalue weighted by Crippen LogP contribution is 2.39. The van der Waals surface area contributed by atoms with Gasteiger partial charge >= 0.3 is 5.91 Å². The molecule has 9 nitrogen and oxygen atoms in total. The number of nitroso groups, excluding NO2 is 1. The number of nitriles is 1. The van der Waals surface area contributed by atoms with Gasteiger partial charge in [0.25, 0.3) is 0 Å². The lowest BCUT2D eigenvalue weighted by molar-refractivity contribution is -0.125. The highest BCUT2D eigenvalue weighted by Gasteiger charge is 2.32. The molecule has 2 aliphatic rings. The Bertz CT molecular complexity index is 1280. The number of methoxy groups -OCH3 is 1. The summed E-state index contributed by atoms with van der Waals surface area (Å²) >= 11 is 1.56. The standard InChI is InChI=1S/C29H31N3O6S/c1-3-6-21-25(13-10-20(28(21)35-2)23-17-39-18-31-23)37-16-5-15-36-24-11-8-19-9-12-26(29(33)32-34)38-27(19)22(24)7-4-14-30/h3,8,10-11,13,17-18,20,26,28H,1,4-7,9,12,15-16H2,2H3. The molecule has 0 bridgehead atoms. The molecule has 0 N–H and O–H groups in total. The van der Waals surface area contributed by atoms with Crippen molar-refractivity contribution >= 4 is 17.2 Å². The van der Waals surface area contributed by atoms with Crippen LogP contribution in [0.4, 0.5) is 0 Å². The smallest absolute Gasteiger partial charge is 0.326 e. The average molecular weight is 550 g/mol. The highest BCUT2D eigenvalue weighted by atomic mass is 32.1. The molecule has 2 heterocycles. The van der Waals surface area contributed by atoms with Crippen molar-refractivity contribution in [2.45, 2.75) is 56.7 Å². The number of allylic oxidation sites excluding steroid dienone is 2. The molecule has 0 spiro atoms. The van der Waals surface area contributed by atoms with Crippen LogP contribution in [0.15, 0.2) is 64.3 Å². The molecule has 204 valence electrons. The van der Waals surface area contributed by atoms with E-state index < -0.39 is 12.0 Å². The Morgan fingerprint density at radius 3 is 2.92 bits per heavy atom. The first-order valence-electron chi connectivity index (χ1n) is 12.8. The molecule has 2 aromatic rings. The minimum absolute atomic E-state index is 0.0159. The lowest BCUT2D eigenvalue weighted by Crippen LogP contribution is -2.30. The van der Waals surface area contributed by atoms with Crippen molar-refractivity contribution in [2.75, 3.05) is 20.3 Å². The van der Waals surface area contributed by atoms with Gasteiger partial charge in [0.15, 0.2) is 6.10 Å². The molecule has 0 saturated carbocycles. The molecule has 1 aliphatic heterocycles. The zero-order chi connectivity index (χ0) is 27.6. The van der Waals surface area contributed by atoms with Crippen LogP contribution in [0.3, 0.4) is 0 Å². The quantitative estimate of drug-likeness (QED) is 0.181. The second-order valence-corrected chi connectivity index (χ2v) is 9.87. The van der Waals surface area contributed by atoms with E-state index in [0.29, 0.717) is 56.8 Å². The summed E-state index contributed by atoms with van der Waals surface area (Å²) in [6.07, 6.45) is 7.66. The molecule has 1 aromatic heterocycles. The van der Waals surface area contributed by atoms with E-state index in [0.717, 1.165) is 28.2 Å². The molecular formula is C29H31N3O6S. The number of benzene rings is 1. The first-order valence-corrected chi connectivity index (χ1v) is 13.8. The van der Waals surface area contributed by atoms with E-state index in [2.05, 4.69) is 28.9 Å². The average Bonchev–Trinajstić information content (AvgIpc) is 3.51. The Hall–Kier alpha value is -3.81. The van der Waals surface area contributed by atoms with Gasteiger partial charge in [-0.1, -0.05) is 18.2 Å². The van der Waals surface area contributed by atoms with Crippen molar-refractivity contribution in [3.8, 4) is 17.6 Å². The molecule has 10 heteroatoms. The summed E-state index contributed by atoms with van der Waals surface area (Å²) in [5, 5.41) is 13.7. The van der Waals surface area contributed by atoms with Gasteiger partial charge in [0, 0.05) is 41.6 Å². The van der Waals surface area contributed by atoms with Crippen molar-refractivity contribution in [1.29, 1.82) is 5.26 Å². The summed E-state index contributed by atoms with van der Waals surface area (Å²) in [4.78, 5) is 27.0. The number of carbonyl (C=O) groups excluding carboxylic acids is 1. The van der Waals surface area contributed by atoms with Crippen LogP contribution in [-0.4, -0.2) is 43.4 Å². The predicted octanol–water partition coefficient (Wildman–Crippen LogP) is 5.57. The van der Waals surface area contributed by atoms with Crippen LogP contribution in [0.25, 0.3) is 0 Å². The molecule has 1 aromatic carbocycles. The fourth-order valence-corrected chi connectivity index (χ4v) is 5.50.